The molecule has 41 valence electrons. The second-order valence-corrected chi connectivity index (χ2v) is 2.42. The van der Waals surface area contributed by atoms with Crippen LogP contribution in [0.15, 0.2) is 0 Å². The molecule has 0 aromatic carbocycles. The normalized spacial score (nSPS) is 12.0. The minimum Gasteiger partial charge on any atom is -0.414 e. The van der Waals surface area contributed by atoms with Gasteiger partial charge in [0.25, 0.3) is 0 Å². The third-order valence-electron chi connectivity index (χ3n) is 1.13. The van der Waals surface area contributed by atoms with Gasteiger partial charge in [0.1, 0.15) is 0 Å². The lowest BCUT2D eigenvalue weighted by Crippen LogP contribution is -2.20. The molecule has 7 heavy (non-hydrogen) atoms. The molecule has 0 rings (SSSR count). The maximum atomic E-state index is 4.89. The molecule has 0 saturated heterocycles. The fourth-order valence-corrected chi connectivity index (χ4v) is 0.217. The van der Waals surface area contributed by atoms with Gasteiger partial charge in [-0.2, -0.15) is 0 Å². The summed E-state index contributed by atoms with van der Waals surface area (Å²) in [6.45, 7) is 6.14. The van der Waals surface area contributed by atoms with Gasteiger partial charge in [0.05, 0.1) is 0 Å². The third kappa shape index (κ3) is 2.82. The predicted octanol–water partition coefficient (Wildman–Crippen LogP) is 1.28. The summed E-state index contributed by atoms with van der Waals surface area (Å²) in [7, 11) is 2.98. The van der Waals surface area contributed by atoms with Crippen LogP contribution in [-0.2, 0) is 4.43 Å². The summed E-state index contributed by atoms with van der Waals surface area (Å²) in [6, 6.07) is 0. The molecule has 0 spiro atoms. The summed E-state index contributed by atoms with van der Waals surface area (Å²) >= 11 is 0. The highest BCUT2D eigenvalue weighted by Gasteiger charge is 2.10. The van der Waals surface area contributed by atoms with Gasteiger partial charge in [-0.1, -0.05) is 6.92 Å². The van der Waals surface area contributed by atoms with Crippen LogP contribution < -0.4 is 0 Å². The predicted molar refractivity (Wildman–Crippen MR) is 31.2 cm³/mol. The van der Waals surface area contributed by atoms with Gasteiger partial charge in [-0.3, -0.25) is 0 Å². The monoisotopic (exact) mass is 115 g/mol. The summed E-state index contributed by atoms with van der Waals surface area (Å²) in [5.74, 6) is 0. The van der Waals surface area contributed by atoms with E-state index < -0.39 is 0 Å². The van der Waals surface area contributed by atoms with Crippen LogP contribution in [-0.4, -0.2) is 16.1 Å². The van der Waals surface area contributed by atoms with E-state index in [9.17, 15) is 0 Å². The van der Waals surface area contributed by atoms with Crippen LogP contribution in [0.2, 0.25) is 0 Å². The molecule has 0 aliphatic carbocycles. The van der Waals surface area contributed by atoms with E-state index in [0.717, 1.165) is 6.42 Å². The van der Waals surface area contributed by atoms with Gasteiger partial charge < -0.3 is 4.43 Å². The van der Waals surface area contributed by atoms with E-state index in [1.807, 2.05) is 13.8 Å². The minimum atomic E-state index is -0.00309. The fourth-order valence-electron chi connectivity index (χ4n) is 0.0722. The van der Waals surface area contributed by atoms with Crippen molar-refractivity contribution < 1.29 is 4.43 Å². The van der Waals surface area contributed by atoms with E-state index in [0.29, 0.717) is 0 Å². The summed E-state index contributed by atoms with van der Waals surface area (Å²) in [5, 5.41) is 0. The lowest BCUT2D eigenvalue weighted by atomic mass is 10.1. The lowest BCUT2D eigenvalue weighted by Gasteiger charge is -2.19. The van der Waals surface area contributed by atoms with Crippen LogP contribution >= 0.6 is 0 Å². The molecule has 0 aromatic rings. The molecule has 0 fully saturated rings. The van der Waals surface area contributed by atoms with Crippen molar-refractivity contribution in [2.24, 2.45) is 0 Å². The Morgan fingerprint density at radius 2 is 2.00 bits per heavy atom. The van der Waals surface area contributed by atoms with E-state index in [1.165, 1.54) is 0 Å². The highest BCUT2D eigenvalue weighted by atomic mass is 28.2. The Bertz CT molecular complexity index is 46.0. The largest absolute Gasteiger partial charge is 0.414 e. The molecular formula is C5H11OSi. The Balaban J connectivity index is 3.36. The van der Waals surface area contributed by atoms with Gasteiger partial charge in [0, 0.05) is 5.60 Å². The van der Waals surface area contributed by atoms with Crippen molar-refractivity contribution >= 4 is 10.5 Å². The molecule has 0 bridgehead atoms. The van der Waals surface area contributed by atoms with Crippen LogP contribution in [0.25, 0.3) is 0 Å². The third-order valence-corrected chi connectivity index (χ3v) is 1.68. The van der Waals surface area contributed by atoms with E-state index in [-0.39, 0.29) is 5.60 Å². The first-order valence-electron chi connectivity index (χ1n) is 2.47. The smallest absolute Gasteiger partial charge is 0.246 e. The first-order valence-corrected chi connectivity index (χ1v) is 2.88. The quantitative estimate of drug-likeness (QED) is 0.492. The number of hydrogen-bond acceptors (Lipinski definition) is 1. The van der Waals surface area contributed by atoms with Crippen molar-refractivity contribution in [2.75, 3.05) is 0 Å². The van der Waals surface area contributed by atoms with Crippen molar-refractivity contribution in [2.45, 2.75) is 32.8 Å². The Kier molecular flexibility index (Phi) is 2.54. The highest BCUT2D eigenvalue weighted by molar-refractivity contribution is 5.98. The molecular weight excluding hydrogens is 104 g/mol. The molecule has 2 heteroatoms. The Morgan fingerprint density at radius 1 is 1.57 bits per heavy atom. The molecule has 0 aliphatic rings. The fraction of sp³-hybridized carbons (Fsp3) is 1.00. The zero-order chi connectivity index (χ0) is 5.91. The molecule has 0 heterocycles. The van der Waals surface area contributed by atoms with Gasteiger partial charge in [-0.25, -0.2) is 0 Å². The average Bonchev–Trinajstić information content (AvgIpc) is 1.68. The first kappa shape index (κ1) is 7.18. The standard InChI is InChI=1S/C5H11OSi/c1-4-5(2,3)6-7/h4H2,1-3H3. The molecule has 0 saturated carbocycles. The summed E-state index contributed by atoms with van der Waals surface area (Å²) < 4.78 is 4.89. The Hall–Kier alpha value is 0.177. The van der Waals surface area contributed by atoms with Gasteiger partial charge in [0.15, 0.2) is 0 Å². The van der Waals surface area contributed by atoms with E-state index in [2.05, 4.69) is 17.4 Å². The average molecular weight is 115 g/mol. The van der Waals surface area contributed by atoms with Crippen LogP contribution in [0.5, 0.6) is 0 Å². The van der Waals surface area contributed by atoms with Gasteiger partial charge in [0.2, 0.25) is 10.5 Å². The zero-order valence-corrected chi connectivity index (χ0v) is 6.12. The number of rotatable bonds is 2. The number of hydrogen-bond donors (Lipinski definition) is 0. The first-order chi connectivity index (χ1) is 3.12. The molecule has 0 N–H and O–H groups in total. The van der Waals surface area contributed by atoms with Gasteiger partial charge in [-0.05, 0) is 20.3 Å². The lowest BCUT2D eigenvalue weighted by molar-refractivity contribution is 0.119. The molecule has 0 aromatic heterocycles. The minimum absolute atomic E-state index is 0.00309. The molecule has 0 atom stereocenters. The summed E-state index contributed by atoms with van der Waals surface area (Å²) in [4.78, 5) is 0. The zero-order valence-electron chi connectivity index (χ0n) is 5.12. The summed E-state index contributed by atoms with van der Waals surface area (Å²) in [5.41, 5.74) is -0.00309. The maximum absolute atomic E-state index is 4.89. The van der Waals surface area contributed by atoms with Crippen molar-refractivity contribution in [1.82, 2.24) is 0 Å². The van der Waals surface area contributed by atoms with Crippen LogP contribution in [0.1, 0.15) is 27.2 Å². The van der Waals surface area contributed by atoms with Crippen molar-refractivity contribution in [3.8, 4) is 0 Å². The highest BCUT2D eigenvalue weighted by Crippen LogP contribution is 2.09. The molecule has 0 unspecified atom stereocenters. The second-order valence-electron chi connectivity index (χ2n) is 2.22. The van der Waals surface area contributed by atoms with Crippen molar-refractivity contribution in [3.05, 3.63) is 0 Å². The Morgan fingerprint density at radius 3 is 2.00 bits per heavy atom. The van der Waals surface area contributed by atoms with Crippen molar-refractivity contribution in [1.29, 1.82) is 0 Å². The second kappa shape index (κ2) is 2.48. The molecule has 0 amide bonds. The van der Waals surface area contributed by atoms with Gasteiger partial charge >= 0.3 is 0 Å². The molecule has 3 radical (unpaired) electrons. The van der Waals surface area contributed by atoms with Crippen LogP contribution in [0, 0.1) is 0 Å². The Labute approximate surface area is 48.6 Å². The maximum Gasteiger partial charge on any atom is 0.246 e. The van der Waals surface area contributed by atoms with Crippen molar-refractivity contribution in [3.63, 3.8) is 0 Å². The van der Waals surface area contributed by atoms with Crippen LogP contribution in [0.4, 0.5) is 0 Å². The SMILES string of the molecule is CCC(C)(C)O[Si]. The molecule has 0 aliphatic heterocycles. The van der Waals surface area contributed by atoms with E-state index >= 15 is 0 Å². The van der Waals surface area contributed by atoms with E-state index in [4.69, 9.17) is 4.43 Å². The topological polar surface area (TPSA) is 9.23 Å². The van der Waals surface area contributed by atoms with Crippen LogP contribution in [0.3, 0.4) is 0 Å². The van der Waals surface area contributed by atoms with Gasteiger partial charge in [-0.15, -0.1) is 0 Å². The summed E-state index contributed by atoms with van der Waals surface area (Å²) in [6.07, 6.45) is 1.02. The van der Waals surface area contributed by atoms with E-state index in [1.54, 1.807) is 0 Å². The molecule has 1 nitrogen and oxygen atoms in total.